The summed E-state index contributed by atoms with van der Waals surface area (Å²) in [4.78, 5) is 13.7. The van der Waals surface area contributed by atoms with Gasteiger partial charge in [0.05, 0.1) is 12.1 Å². The first-order chi connectivity index (χ1) is 9.24. The number of nitrogens with two attached hydrogens (primary N) is 1. The summed E-state index contributed by atoms with van der Waals surface area (Å²) in [5.74, 6) is 5.51. The predicted octanol–water partition coefficient (Wildman–Crippen LogP) is 0.620. The number of carbonyl (C=O) groups excluding carboxylic acids is 1. The Kier molecular flexibility index (Phi) is 4.95. The summed E-state index contributed by atoms with van der Waals surface area (Å²) in [7, 11) is 0. The molecule has 0 aromatic carbocycles. The zero-order valence-corrected chi connectivity index (χ0v) is 11.0. The van der Waals surface area contributed by atoms with Crippen molar-refractivity contribution < 1.29 is 14.3 Å². The Bertz CT molecular complexity index is 419. The van der Waals surface area contributed by atoms with E-state index in [4.69, 9.17) is 15.4 Å². The van der Waals surface area contributed by atoms with Crippen molar-refractivity contribution in [1.29, 1.82) is 0 Å². The lowest BCUT2D eigenvalue weighted by Crippen LogP contribution is -2.30. The number of nitrogens with zero attached hydrogens (tertiary/aromatic N) is 1. The van der Waals surface area contributed by atoms with Crippen LogP contribution in [0.2, 0.25) is 0 Å². The maximum absolute atomic E-state index is 11.3. The SMILES string of the molecule is NNC(=O)c1coc(CN2CCCC2CCCO)c1. The number of hydrogen-bond donors (Lipinski definition) is 3. The Balaban J connectivity index is 1.92. The number of carbonyl (C=O) groups is 1. The van der Waals surface area contributed by atoms with E-state index in [1.54, 1.807) is 6.07 Å². The summed E-state index contributed by atoms with van der Waals surface area (Å²) in [6, 6.07) is 2.23. The number of aliphatic hydroxyl groups is 1. The van der Waals surface area contributed by atoms with Gasteiger partial charge in [-0.2, -0.15) is 0 Å². The molecule has 0 spiro atoms. The molecule has 1 aliphatic rings. The third kappa shape index (κ3) is 3.56. The monoisotopic (exact) mass is 267 g/mol. The maximum atomic E-state index is 11.3. The van der Waals surface area contributed by atoms with Gasteiger partial charge in [-0.15, -0.1) is 0 Å². The Morgan fingerprint density at radius 2 is 2.47 bits per heavy atom. The Morgan fingerprint density at radius 1 is 1.63 bits per heavy atom. The highest BCUT2D eigenvalue weighted by molar-refractivity contribution is 5.93. The van der Waals surface area contributed by atoms with E-state index in [1.807, 2.05) is 0 Å². The zero-order chi connectivity index (χ0) is 13.7. The van der Waals surface area contributed by atoms with E-state index in [1.165, 1.54) is 12.7 Å². The van der Waals surface area contributed by atoms with Gasteiger partial charge >= 0.3 is 0 Å². The Morgan fingerprint density at radius 3 is 3.21 bits per heavy atom. The highest BCUT2D eigenvalue weighted by Crippen LogP contribution is 2.24. The molecule has 0 radical (unpaired) electrons. The van der Waals surface area contributed by atoms with Gasteiger partial charge in [0.15, 0.2) is 0 Å². The molecule has 0 saturated carbocycles. The number of hydrazine groups is 1. The fraction of sp³-hybridized carbons (Fsp3) is 0.615. The van der Waals surface area contributed by atoms with Crippen LogP contribution in [0.1, 0.15) is 41.8 Å². The van der Waals surface area contributed by atoms with Crippen LogP contribution in [-0.4, -0.2) is 35.1 Å². The number of amides is 1. The molecule has 0 bridgehead atoms. The number of likely N-dealkylation sites (tertiary alicyclic amines) is 1. The number of rotatable bonds is 6. The molecule has 0 aliphatic carbocycles. The van der Waals surface area contributed by atoms with Gasteiger partial charge in [-0.1, -0.05) is 0 Å². The van der Waals surface area contributed by atoms with E-state index in [-0.39, 0.29) is 12.5 Å². The topological polar surface area (TPSA) is 91.7 Å². The molecule has 1 aliphatic heterocycles. The standard InChI is InChI=1S/C13H21N3O3/c14-15-13(18)10-7-12(19-9-10)8-16-5-1-3-11(16)4-2-6-17/h7,9,11,17H,1-6,8,14H2,(H,15,18). The highest BCUT2D eigenvalue weighted by Gasteiger charge is 2.25. The number of nitrogen functional groups attached to an aromatic ring is 1. The molecule has 2 heterocycles. The van der Waals surface area contributed by atoms with Gasteiger partial charge in [-0.05, 0) is 38.3 Å². The minimum Gasteiger partial charge on any atom is -0.467 e. The Labute approximate surface area is 112 Å². The Hall–Kier alpha value is -1.37. The molecule has 4 N–H and O–H groups in total. The van der Waals surface area contributed by atoms with Crippen molar-refractivity contribution in [2.24, 2.45) is 5.84 Å². The minimum absolute atomic E-state index is 0.242. The lowest BCUT2D eigenvalue weighted by atomic mass is 10.1. The van der Waals surface area contributed by atoms with E-state index in [0.717, 1.165) is 31.6 Å². The van der Waals surface area contributed by atoms with Crippen LogP contribution >= 0.6 is 0 Å². The lowest BCUT2D eigenvalue weighted by molar-refractivity contribution is 0.0953. The first kappa shape index (κ1) is 14.0. The number of hydrogen-bond acceptors (Lipinski definition) is 5. The van der Waals surface area contributed by atoms with Gasteiger partial charge in [0.1, 0.15) is 12.0 Å². The predicted molar refractivity (Wildman–Crippen MR) is 70.1 cm³/mol. The largest absolute Gasteiger partial charge is 0.467 e. The van der Waals surface area contributed by atoms with Crippen LogP contribution in [0.5, 0.6) is 0 Å². The molecule has 1 aromatic rings. The first-order valence-corrected chi connectivity index (χ1v) is 6.68. The molecule has 19 heavy (non-hydrogen) atoms. The summed E-state index contributed by atoms with van der Waals surface area (Å²) in [6.07, 6.45) is 5.60. The molecule has 1 aromatic heterocycles. The van der Waals surface area contributed by atoms with Crippen LogP contribution in [0.4, 0.5) is 0 Å². The molecule has 1 unspecified atom stereocenters. The third-order valence-corrected chi connectivity index (χ3v) is 3.60. The van der Waals surface area contributed by atoms with Gasteiger partial charge in [-0.3, -0.25) is 15.1 Å². The van der Waals surface area contributed by atoms with Crippen molar-refractivity contribution in [2.75, 3.05) is 13.2 Å². The third-order valence-electron chi connectivity index (χ3n) is 3.60. The maximum Gasteiger partial charge on any atom is 0.268 e. The summed E-state index contributed by atoms with van der Waals surface area (Å²) < 4.78 is 5.39. The van der Waals surface area contributed by atoms with E-state index in [9.17, 15) is 4.79 Å². The smallest absolute Gasteiger partial charge is 0.268 e. The first-order valence-electron chi connectivity index (χ1n) is 6.68. The molecule has 106 valence electrons. The molecule has 1 atom stereocenters. The van der Waals surface area contributed by atoms with E-state index in [0.29, 0.717) is 18.2 Å². The average molecular weight is 267 g/mol. The summed E-state index contributed by atoms with van der Waals surface area (Å²) in [5, 5.41) is 8.90. The van der Waals surface area contributed by atoms with Crippen molar-refractivity contribution in [1.82, 2.24) is 10.3 Å². The molecule has 2 rings (SSSR count). The van der Waals surface area contributed by atoms with Crippen molar-refractivity contribution >= 4 is 5.91 Å². The quantitative estimate of drug-likeness (QED) is 0.399. The normalized spacial score (nSPS) is 19.8. The number of furan rings is 1. The van der Waals surface area contributed by atoms with E-state index < -0.39 is 0 Å². The van der Waals surface area contributed by atoms with E-state index in [2.05, 4.69) is 10.3 Å². The van der Waals surface area contributed by atoms with Crippen molar-refractivity contribution in [3.8, 4) is 0 Å². The molecule has 6 nitrogen and oxygen atoms in total. The molecule has 1 saturated heterocycles. The van der Waals surface area contributed by atoms with Crippen molar-refractivity contribution in [3.63, 3.8) is 0 Å². The second kappa shape index (κ2) is 6.70. The summed E-state index contributed by atoms with van der Waals surface area (Å²) >= 11 is 0. The average Bonchev–Trinajstić information content (AvgIpc) is 3.05. The van der Waals surface area contributed by atoms with Gasteiger partial charge in [0.2, 0.25) is 0 Å². The highest BCUT2D eigenvalue weighted by atomic mass is 16.3. The van der Waals surface area contributed by atoms with Crippen LogP contribution in [0, 0.1) is 0 Å². The van der Waals surface area contributed by atoms with Crippen LogP contribution in [0.15, 0.2) is 16.7 Å². The summed E-state index contributed by atoms with van der Waals surface area (Å²) in [5.41, 5.74) is 2.53. The van der Waals surface area contributed by atoms with Crippen LogP contribution in [0.3, 0.4) is 0 Å². The molecular weight excluding hydrogens is 246 g/mol. The van der Waals surface area contributed by atoms with Crippen LogP contribution in [0.25, 0.3) is 0 Å². The second-order valence-electron chi connectivity index (χ2n) is 4.91. The molecule has 6 heteroatoms. The van der Waals surface area contributed by atoms with Gasteiger partial charge in [0.25, 0.3) is 5.91 Å². The summed E-state index contributed by atoms with van der Waals surface area (Å²) in [6.45, 7) is 1.98. The number of aliphatic hydroxyl groups excluding tert-OH is 1. The zero-order valence-electron chi connectivity index (χ0n) is 11.0. The van der Waals surface area contributed by atoms with E-state index >= 15 is 0 Å². The van der Waals surface area contributed by atoms with Crippen LogP contribution < -0.4 is 11.3 Å². The molecular formula is C13H21N3O3. The minimum atomic E-state index is -0.340. The van der Waals surface area contributed by atoms with Gasteiger partial charge in [-0.25, -0.2) is 5.84 Å². The van der Waals surface area contributed by atoms with Crippen molar-refractivity contribution in [2.45, 2.75) is 38.3 Å². The fourth-order valence-electron chi connectivity index (χ4n) is 2.62. The van der Waals surface area contributed by atoms with Gasteiger partial charge < -0.3 is 9.52 Å². The second-order valence-corrected chi connectivity index (χ2v) is 4.91. The van der Waals surface area contributed by atoms with Gasteiger partial charge in [0, 0.05) is 12.6 Å². The van der Waals surface area contributed by atoms with Crippen LogP contribution in [-0.2, 0) is 6.54 Å². The van der Waals surface area contributed by atoms with Crippen molar-refractivity contribution in [3.05, 3.63) is 23.7 Å². The lowest BCUT2D eigenvalue weighted by Gasteiger charge is -2.23. The molecule has 1 amide bonds. The number of nitrogens with one attached hydrogen (secondary N) is 1. The molecule has 1 fully saturated rings. The fourth-order valence-corrected chi connectivity index (χ4v) is 2.62.